The van der Waals surface area contributed by atoms with Gasteiger partial charge in [-0.05, 0) is 76.6 Å². The summed E-state index contributed by atoms with van der Waals surface area (Å²) in [6, 6.07) is 11.6. The molecular formula is C26H42N2O6S2. The smallest absolute Gasteiger partial charge is 0.124 e. The Morgan fingerprint density at radius 1 is 0.528 bits per heavy atom. The topological polar surface area (TPSA) is 123 Å². The summed E-state index contributed by atoms with van der Waals surface area (Å²) in [6.45, 7) is 9.25. The lowest BCUT2D eigenvalue weighted by molar-refractivity contribution is -0.884. The molecular weight excluding hydrogens is 500 g/mol. The molecule has 2 aromatic rings. The minimum Gasteiger partial charge on any atom is -0.744 e. The van der Waals surface area contributed by atoms with Crippen LogP contribution in [0.3, 0.4) is 0 Å². The highest BCUT2D eigenvalue weighted by Crippen LogP contribution is 2.09. The largest absolute Gasteiger partial charge is 0.744 e. The van der Waals surface area contributed by atoms with E-state index in [-0.39, 0.29) is 9.79 Å². The first kappa shape index (κ1) is 32.2. The van der Waals surface area contributed by atoms with Gasteiger partial charge in [0.15, 0.2) is 0 Å². The molecule has 2 heterocycles. The molecule has 0 unspecified atom stereocenters. The average Bonchev–Trinajstić information content (AvgIpc) is 2.81. The fourth-order valence-corrected chi connectivity index (χ4v) is 4.66. The van der Waals surface area contributed by atoms with Crippen LogP contribution in [0.5, 0.6) is 0 Å². The Bertz CT molecular complexity index is 985. The zero-order chi connectivity index (χ0) is 27.2. The highest BCUT2D eigenvalue weighted by Gasteiger charge is 2.06. The van der Waals surface area contributed by atoms with E-state index in [1.807, 2.05) is 13.8 Å². The van der Waals surface area contributed by atoms with Crippen molar-refractivity contribution in [2.45, 2.75) is 62.2 Å². The van der Waals surface area contributed by atoms with Crippen LogP contribution in [-0.2, 0) is 20.2 Å². The first-order valence-corrected chi connectivity index (χ1v) is 15.3. The van der Waals surface area contributed by atoms with Crippen LogP contribution in [-0.4, -0.2) is 66.2 Å². The summed E-state index contributed by atoms with van der Waals surface area (Å²) in [5.41, 5.74) is 1.86. The second-order valence-electron chi connectivity index (χ2n) is 9.57. The predicted molar refractivity (Wildman–Crippen MR) is 139 cm³/mol. The van der Waals surface area contributed by atoms with E-state index in [1.54, 1.807) is 34.1 Å². The zero-order valence-electron chi connectivity index (χ0n) is 22.0. The number of hydrogen-bond donors (Lipinski definition) is 2. The van der Waals surface area contributed by atoms with Crippen LogP contribution in [0.1, 0.15) is 49.7 Å². The average molecular weight is 543 g/mol. The molecule has 0 radical (unpaired) electrons. The number of aryl methyl sites for hydroxylation is 2. The molecule has 36 heavy (non-hydrogen) atoms. The fraction of sp³-hybridized carbons (Fsp3) is 0.538. The van der Waals surface area contributed by atoms with Crippen molar-refractivity contribution in [2.75, 3.05) is 40.3 Å². The predicted octanol–water partition coefficient (Wildman–Crippen LogP) is 1.17. The van der Waals surface area contributed by atoms with Crippen molar-refractivity contribution in [2.24, 2.45) is 0 Å². The van der Waals surface area contributed by atoms with E-state index in [4.69, 9.17) is 0 Å². The first-order chi connectivity index (χ1) is 16.8. The molecule has 2 aliphatic heterocycles. The van der Waals surface area contributed by atoms with Gasteiger partial charge >= 0.3 is 0 Å². The van der Waals surface area contributed by atoms with Crippen molar-refractivity contribution in [3.63, 3.8) is 0 Å². The van der Waals surface area contributed by atoms with Crippen molar-refractivity contribution in [3.8, 4) is 0 Å². The van der Waals surface area contributed by atoms with Crippen molar-refractivity contribution < 1.29 is 35.7 Å². The number of quaternary nitrogens is 2. The van der Waals surface area contributed by atoms with Crippen molar-refractivity contribution in [3.05, 3.63) is 59.7 Å². The molecule has 0 amide bonds. The zero-order valence-corrected chi connectivity index (χ0v) is 23.6. The SMILES string of the molecule is C[NH+]1CCCCC1.C[NH+]1CCCCC1.Cc1ccc(S(=O)(=O)[O-])cc1.Cc1ccc(S(=O)(=O)[O-])cc1. The lowest BCUT2D eigenvalue weighted by Crippen LogP contribution is -3.09. The lowest BCUT2D eigenvalue weighted by atomic mass is 10.1. The number of likely N-dealkylation sites (tertiary alicyclic amines) is 2. The molecule has 0 bridgehead atoms. The molecule has 4 rings (SSSR count). The van der Waals surface area contributed by atoms with Gasteiger partial charge in [-0.3, -0.25) is 0 Å². The van der Waals surface area contributed by atoms with Crippen LogP contribution >= 0.6 is 0 Å². The van der Waals surface area contributed by atoms with Gasteiger partial charge in [0.1, 0.15) is 20.2 Å². The Morgan fingerprint density at radius 3 is 0.944 bits per heavy atom. The van der Waals surface area contributed by atoms with Crippen molar-refractivity contribution >= 4 is 20.2 Å². The Balaban J connectivity index is 0.000000245. The summed E-state index contributed by atoms with van der Waals surface area (Å²) in [5.74, 6) is 0. The Hall–Kier alpha value is -1.82. The quantitative estimate of drug-likeness (QED) is 0.549. The lowest BCUT2D eigenvalue weighted by Gasteiger charge is -2.17. The van der Waals surface area contributed by atoms with Crippen molar-refractivity contribution in [1.82, 2.24) is 0 Å². The second-order valence-corrected chi connectivity index (χ2v) is 12.3. The molecule has 2 aliphatic rings. The number of benzene rings is 2. The third kappa shape index (κ3) is 14.7. The van der Waals surface area contributed by atoms with E-state index in [0.29, 0.717) is 0 Å². The van der Waals surface area contributed by atoms with Crippen LogP contribution in [0.15, 0.2) is 58.3 Å². The Kier molecular flexibility index (Phi) is 14.4. The van der Waals surface area contributed by atoms with Crippen LogP contribution < -0.4 is 9.80 Å². The molecule has 0 aliphatic carbocycles. The van der Waals surface area contributed by atoms with Crippen molar-refractivity contribution in [1.29, 1.82) is 0 Å². The maximum absolute atomic E-state index is 10.4. The molecule has 2 fully saturated rings. The van der Waals surface area contributed by atoms with E-state index in [2.05, 4.69) is 14.1 Å². The van der Waals surface area contributed by atoms with E-state index in [9.17, 15) is 25.9 Å². The van der Waals surface area contributed by atoms with E-state index in [1.165, 1.54) is 89.0 Å². The summed E-state index contributed by atoms with van der Waals surface area (Å²) in [7, 11) is -3.99. The van der Waals surface area contributed by atoms with E-state index >= 15 is 0 Å². The summed E-state index contributed by atoms with van der Waals surface area (Å²) in [5, 5.41) is 0. The monoisotopic (exact) mass is 542 g/mol. The molecule has 8 nitrogen and oxygen atoms in total. The molecule has 204 valence electrons. The first-order valence-electron chi connectivity index (χ1n) is 12.5. The fourth-order valence-electron chi connectivity index (χ4n) is 3.72. The third-order valence-electron chi connectivity index (χ3n) is 6.03. The van der Waals surface area contributed by atoms with Gasteiger partial charge in [0.2, 0.25) is 0 Å². The van der Waals surface area contributed by atoms with E-state index < -0.39 is 20.2 Å². The maximum Gasteiger partial charge on any atom is 0.124 e. The van der Waals surface area contributed by atoms with Gasteiger partial charge in [0.25, 0.3) is 0 Å². The van der Waals surface area contributed by atoms with Gasteiger partial charge in [0, 0.05) is 0 Å². The van der Waals surface area contributed by atoms with Gasteiger partial charge in [-0.1, -0.05) is 35.4 Å². The van der Waals surface area contributed by atoms with Crippen LogP contribution in [0.25, 0.3) is 0 Å². The van der Waals surface area contributed by atoms with Gasteiger partial charge < -0.3 is 18.9 Å². The highest BCUT2D eigenvalue weighted by atomic mass is 32.2. The van der Waals surface area contributed by atoms with E-state index in [0.717, 1.165) is 11.1 Å². The number of rotatable bonds is 2. The summed E-state index contributed by atoms with van der Waals surface area (Å²) in [6.07, 6.45) is 8.74. The molecule has 2 aromatic carbocycles. The third-order valence-corrected chi connectivity index (χ3v) is 7.73. The number of hydrogen-bond acceptors (Lipinski definition) is 6. The Labute approximate surface area is 217 Å². The van der Waals surface area contributed by atoms with Gasteiger partial charge in [-0.15, -0.1) is 0 Å². The number of nitrogens with one attached hydrogen (secondary N) is 2. The highest BCUT2D eigenvalue weighted by molar-refractivity contribution is 7.86. The molecule has 10 heteroatoms. The van der Waals surface area contributed by atoms with Crippen LogP contribution in [0.2, 0.25) is 0 Å². The minimum absolute atomic E-state index is 0.178. The van der Waals surface area contributed by atoms with Crippen LogP contribution in [0.4, 0.5) is 0 Å². The molecule has 0 aromatic heterocycles. The van der Waals surface area contributed by atoms with Gasteiger partial charge in [-0.2, -0.15) is 0 Å². The molecule has 0 saturated carbocycles. The standard InChI is InChI=1S/2C7H8O3S.2C6H13N/c2*1-6-2-4-7(5-3-6)11(8,9)10;2*1-7-5-3-2-4-6-7/h2*2-5H,1H3,(H,8,9,10);2*2-6H2,1H3. The normalized spacial score (nSPS) is 16.8. The molecule has 0 atom stereocenters. The minimum atomic E-state index is -4.27. The Morgan fingerprint density at radius 2 is 0.778 bits per heavy atom. The molecule has 0 spiro atoms. The van der Waals surface area contributed by atoms with Gasteiger partial charge in [0.05, 0.1) is 50.1 Å². The summed E-state index contributed by atoms with van der Waals surface area (Å²) < 4.78 is 62.3. The maximum atomic E-state index is 10.4. The number of piperidine rings is 2. The molecule has 2 N–H and O–H groups in total. The van der Waals surface area contributed by atoms with Crippen LogP contribution in [0, 0.1) is 13.8 Å². The summed E-state index contributed by atoms with van der Waals surface area (Å²) >= 11 is 0. The second kappa shape index (κ2) is 16.1. The molecule has 2 saturated heterocycles. The van der Waals surface area contributed by atoms with Gasteiger partial charge in [-0.25, -0.2) is 16.8 Å². The summed E-state index contributed by atoms with van der Waals surface area (Å²) in [4.78, 5) is 3.07.